The number of ether oxygens (including phenoxy) is 3. The zero-order chi connectivity index (χ0) is 23.8. The highest BCUT2D eigenvalue weighted by Crippen LogP contribution is 2.35. The van der Waals surface area contributed by atoms with Gasteiger partial charge in [0.05, 0.1) is 33.0 Å². The second-order valence-corrected chi connectivity index (χ2v) is 9.38. The standard InChI is InChI=1S/C25H39O7P/c1-2-3-4-5-6-7-8-14-23(21-30-18-17-29-19-20-31-33(26,27)28)32-25-16-11-13-22-12-9-10-15-24(22)25/h9-13,15-16,23H,2-8,14,17-21H2,1H3,(H2,26,27,28). The van der Waals surface area contributed by atoms with Crippen molar-refractivity contribution in [2.45, 2.75) is 64.4 Å². The summed E-state index contributed by atoms with van der Waals surface area (Å²) in [6.45, 7) is 3.33. The molecule has 1 atom stereocenters. The normalized spacial score (nSPS) is 12.8. The molecule has 0 saturated carbocycles. The minimum atomic E-state index is -4.44. The van der Waals surface area contributed by atoms with Crippen LogP contribution in [0.1, 0.15) is 58.3 Å². The highest BCUT2D eigenvalue weighted by atomic mass is 31.2. The van der Waals surface area contributed by atoms with Gasteiger partial charge in [0.25, 0.3) is 0 Å². The van der Waals surface area contributed by atoms with Gasteiger partial charge < -0.3 is 24.0 Å². The van der Waals surface area contributed by atoms with E-state index in [4.69, 9.17) is 24.0 Å². The van der Waals surface area contributed by atoms with Gasteiger partial charge in [-0.25, -0.2) is 4.57 Å². The quantitative estimate of drug-likeness (QED) is 0.191. The van der Waals surface area contributed by atoms with Gasteiger partial charge >= 0.3 is 7.82 Å². The van der Waals surface area contributed by atoms with Crippen LogP contribution in [0.5, 0.6) is 5.75 Å². The van der Waals surface area contributed by atoms with Crippen molar-refractivity contribution in [2.75, 3.05) is 33.0 Å². The number of hydrogen-bond donors (Lipinski definition) is 2. The zero-order valence-corrected chi connectivity index (χ0v) is 20.6. The summed E-state index contributed by atoms with van der Waals surface area (Å²) in [6, 6.07) is 14.3. The molecule has 0 bridgehead atoms. The van der Waals surface area contributed by atoms with Crippen molar-refractivity contribution >= 4 is 18.6 Å². The highest BCUT2D eigenvalue weighted by Gasteiger charge is 2.14. The van der Waals surface area contributed by atoms with E-state index in [1.165, 1.54) is 38.5 Å². The lowest BCUT2D eigenvalue weighted by molar-refractivity contribution is 0.00254. The molecule has 0 aliphatic rings. The van der Waals surface area contributed by atoms with E-state index in [1.807, 2.05) is 24.3 Å². The summed E-state index contributed by atoms with van der Waals surface area (Å²) in [6.07, 6.45) is 9.61. The molecule has 1 unspecified atom stereocenters. The van der Waals surface area contributed by atoms with Crippen LogP contribution < -0.4 is 4.74 Å². The van der Waals surface area contributed by atoms with Gasteiger partial charge in [-0.15, -0.1) is 0 Å². The highest BCUT2D eigenvalue weighted by molar-refractivity contribution is 7.46. The van der Waals surface area contributed by atoms with E-state index in [9.17, 15) is 4.57 Å². The van der Waals surface area contributed by atoms with E-state index in [0.717, 1.165) is 29.4 Å². The molecule has 2 aromatic rings. The zero-order valence-electron chi connectivity index (χ0n) is 19.7. The summed E-state index contributed by atoms with van der Waals surface area (Å²) in [4.78, 5) is 17.3. The molecule has 0 aliphatic carbocycles. The SMILES string of the molecule is CCCCCCCCCC(COCCOCCOP(=O)(O)O)Oc1cccc2ccccc12. The molecule has 2 rings (SSSR count). The van der Waals surface area contributed by atoms with Crippen LogP contribution in [0.4, 0.5) is 0 Å². The van der Waals surface area contributed by atoms with Gasteiger partial charge in [0.15, 0.2) is 0 Å². The van der Waals surface area contributed by atoms with E-state index < -0.39 is 7.82 Å². The fourth-order valence-corrected chi connectivity index (χ4v) is 3.95. The summed E-state index contributed by atoms with van der Waals surface area (Å²) >= 11 is 0. The number of phosphoric ester groups is 1. The first-order valence-corrected chi connectivity index (χ1v) is 13.5. The first kappa shape index (κ1) is 27.8. The molecule has 2 aromatic carbocycles. The molecule has 0 saturated heterocycles. The van der Waals surface area contributed by atoms with Crippen LogP contribution in [0.2, 0.25) is 0 Å². The molecule has 0 spiro atoms. The maximum atomic E-state index is 10.6. The smallest absolute Gasteiger partial charge is 0.469 e. The van der Waals surface area contributed by atoms with E-state index in [-0.39, 0.29) is 19.3 Å². The minimum absolute atomic E-state index is 0.0514. The number of benzene rings is 2. The molecule has 0 heterocycles. The number of unbranched alkanes of at least 4 members (excludes halogenated alkanes) is 6. The fourth-order valence-electron chi connectivity index (χ4n) is 3.63. The molecule has 2 N–H and O–H groups in total. The molecule has 0 fully saturated rings. The molecule has 0 aliphatic heterocycles. The Kier molecular flexibility index (Phi) is 13.6. The number of rotatable bonds is 19. The molecular weight excluding hydrogens is 443 g/mol. The molecule has 8 heteroatoms. The van der Waals surface area contributed by atoms with Crippen LogP contribution in [0, 0.1) is 0 Å². The third kappa shape index (κ3) is 12.5. The van der Waals surface area contributed by atoms with Crippen molar-refractivity contribution in [2.24, 2.45) is 0 Å². The molecule has 0 aromatic heterocycles. The third-order valence-corrected chi connectivity index (χ3v) is 5.85. The van der Waals surface area contributed by atoms with Crippen LogP contribution in [-0.4, -0.2) is 48.9 Å². The van der Waals surface area contributed by atoms with Gasteiger partial charge in [-0.2, -0.15) is 0 Å². The van der Waals surface area contributed by atoms with Gasteiger partial charge in [0.2, 0.25) is 0 Å². The molecule has 186 valence electrons. The minimum Gasteiger partial charge on any atom is -0.487 e. The van der Waals surface area contributed by atoms with Crippen LogP contribution in [-0.2, 0) is 18.6 Å². The van der Waals surface area contributed by atoms with E-state index >= 15 is 0 Å². The van der Waals surface area contributed by atoms with E-state index in [1.54, 1.807) is 0 Å². The third-order valence-electron chi connectivity index (χ3n) is 5.34. The summed E-state index contributed by atoms with van der Waals surface area (Å²) in [7, 11) is -4.44. The summed E-state index contributed by atoms with van der Waals surface area (Å²) < 4.78 is 32.4. The van der Waals surface area contributed by atoms with Crippen LogP contribution in [0.3, 0.4) is 0 Å². The number of fused-ring (bicyclic) bond motifs is 1. The fraction of sp³-hybridized carbons (Fsp3) is 0.600. The molecule has 33 heavy (non-hydrogen) atoms. The number of phosphoric acid groups is 1. The van der Waals surface area contributed by atoms with Crippen LogP contribution >= 0.6 is 7.82 Å². The predicted octanol–water partition coefficient (Wildman–Crippen LogP) is 5.87. The first-order chi connectivity index (χ1) is 16.0. The van der Waals surface area contributed by atoms with Crippen molar-refractivity contribution in [3.05, 3.63) is 42.5 Å². The van der Waals surface area contributed by atoms with Crippen molar-refractivity contribution in [1.82, 2.24) is 0 Å². The van der Waals surface area contributed by atoms with Gasteiger partial charge in [-0.1, -0.05) is 81.8 Å². The summed E-state index contributed by atoms with van der Waals surface area (Å²) in [5, 5.41) is 2.24. The average molecular weight is 483 g/mol. The summed E-state index contributed by atoms with van der Waals surface area (Å²) in [5.41, 5.74) is 0. The number of hydrogen-bond acceptors (Lipinski definition) is 5. The Morgan fingerprint density at radius 1 is 0.818 bits per heavy atom. The Morgan fingerprint density at radius 2 is 1.48 bits per heavy atom. The molecule has 0 radical (unpaired) electrons. The summed E-state index contributed by atoms with van der Waals surface area (Å²) in [5.74, 6) is 0.871. The van der Waals surface area contributed by atoms with Crippen molar-refractivity contribution < 1.29 is 33.1 Å². The largest absolute Gasteiger partial charge is 0.487 e. The Balaban J connectivity index is 1.77. The predicted molar refractivity (Wildman–Crippen MR) is 131 cm³/mol. The average Bonchev–Trinajstić information content (AvgIpc) is 2.79. The molecule has 0 amide bonds. The molecular formula is C25H39O7P. The van der Waals surface area contributed by atoms with Crippen molar-refractivity contribution in [1.29, 1.82) is 0 Å². The Hall–Kier alpha value is -1.47. The second kappa shape index (κ2) is 16.2. The van der Waals surface area contributed by atoms with Crippen LogP contribution in [0.25, 0.3) is 10.8 Å². The lowest BCUT2D eigenvalue weighted by Crippen LogP contribution is -2.24. The molecule has 7 nitrogen and oxygen atoms in total. The van der Waals surface area contributed by atoms with Gasteiger partial charge in [0, 0.05) is 5.39 Å². The second-order valence-electron chi connectivity index (χ2n) is 8.14. The van der Waals surface area contributed by atoms with E-state index in [2.05, 4.69) is 29.6 Å². The van der Waals surface area contributed by atoms with Gasteiger partial charge in [-0.05, 0) is 24.3 Å². The van der Waals surface area contributed by atoms with Crippen molar-refractivity contribution in [3.8, 4) is 5.75 Å². The Morgan fingerprint density at radius 3 is 2.27 bits per heavy atom. The lowest BCUT2D eigenvalue weighted by Gasteiger charge is -2.20. The van der Waals surface area contributed by atoms with Gasteiger partial charge in [0.1, 0.15) is 11.9 Å². The van der Waals surface area contributed by atoms with Crippen LogP contribution in [0.15, 0.2) is 42.5 Å². The monoisotopic (exact) mass is 482 g/mol. The topological polar surface area (TPSA) is 94.5 Å². The Labute approximate surface area is 197 Å². The maximum Gasteiger partial charge on any atom is 0.469 e. The lowest BCUT2D eigenvalue weighted by atomic mass is 10.1. The van der Waals surface area contributed by atoms with Gasteiger partial charge in [-0.3, -0.25) is 4.52 Å². The van der Waals surface area contributed by atoms with Crippen molar-refractivity contribution in [3.63, 3.8) is 0 Å². The maximum absolute atomic E-state index is 10.6. The van der Waals surface area contributed by atoms with E-state index in [0.29, 0.717) is 19.8 Å². The first-order valence-electron chi connectivity index (χ1n) is 12.0. The Bertz CT molecular complexity index is 818.